The molecule has 1 aromatic carbocycles. The smallest absolute Gasteiger partial charge is 0.254 e. The number of rotatable bonds is 4. The van der Waals surface area contributed by atoms with Gasteiger partial charge in [-0.1, -0.05) is 31.4 Å². The van der Waals surface area contributed by atoms with E-state index in [0.29, 0.717) is 12.1 Å². The Morgan fingerprint density at radius 1 is 0.867 bits per heavy atom. The fourth-order valence-corrected chi connectivity index (χ4v) is 5.79. The second-order valence-electron chi connectivity index (χ2n) is 9.16. The van der Waals surface area contributed by atoms with Crippen LogP contribution in [0.1, 0.15) is 68.1 Å². The zero-order chi connectivity index (χ0) is 20.9. The zero-order valence-electron chi connectivity index (χ0n) is 17.8. The first-order valence-electron chi connectivity index (χ1n) is 11.7. The van der Waals surface area contributed by atoms with Crippen LogP contribution in [-0.4, -0.2) is 59.9 Å². The molecule has 0 aromatic heterocycles. The van der Waals surface area contributed by atoms with Crippen molar-refractivity contribution in [3.05, 3.63) is 34.3 Å². The van der Waals surface area contributed by atoms with Crippen LogP contribution in [0.2, 0.25) is 0 Å². The fourth-order valence-electron chi connectivity index (χ4n) is 5.33. The average molecular weight is 476 g/mol. The first-order valence-corrected chi connectivity index (χ1v) is 12.5. The van der Waals surface area contributed by atoms with E-state index >= 15 is 0 Å². The molecule has 0 bridgehead atoms. The third-order valence-corrected chi connectivity index (χ3v) is 7.92. The lowest BCUT2D eigenvalue weighted by atomic mass is 9.91. The summed E-state index contributed by atoms with van der Waals surface area (Å²) in [5.41, 5.74) is 0.751. The van der Waals surface area contributed by atoms with Gasteiger partial charge in [0.05, 0.1) is 5.56 Å². The topological polar surface area (TPSA) is 52.7 Å². The maximum atomic E-state index is 12.8. The van der Waals surface area contributed by atoms with Gasteiger partial charge in [-0.15, -0.1) is 0 Å². The third-order valence-electron chi connectivity index (χ3n) is 7.22. The predicted molar refractivity (Wildman–Crippen MR) is 122 cm³/mol. The van der Waals surface area contributed by atoms with Crippen molar-refractivity contribution in [2.45, 2.75) is 69.9 Å². The normalized spacial score (nSPS) is 22.8. The lowest BCUT2D eigenvalue weighted by molar-refractivity contribution is -0.127. The molecule has 6 heteroatoms. The van der Waals surface area contributed by atoms with Crippen molar-refractivity contribution in [2.75, 3.05) is 26.2 Å². The minimum atomic E-state index is 0.124. The number of likely N-dealkylation sites (tertiary alicyclic amines) is 2. The standard InChI is InChI=1S/C24H34BrN3O2/c25-22-9-5-4-8-21(22)24(30)28-16-12-20(13-17-28)27-14-10-18(11-15-27)23(29)26-19-6-2-1-3-7-19/h4-5,8-9,18-20H,1-3,6-7,10-17H2,(H,26,29). The van der Waals surface area contributed by atoms with Gasteiger partial charge in [0.25, 0.3) is 5.91 Å². The van der Waals surface area contributed by atoms with E-state index in [1.165, 1.54) is 19.3 Å². The molecule has 5 nitrogen and oxygen atoms in total. The minimum absolute atomic E-state index is 0.124. The Hall–Kier alpha value is -1.40. The van der Waals surface area contributed by atoms with Gasteiger partial charge in [-0.3, -0.25) is 9.59 Å². The van der Waals surface area contributed by atoms with Crippen LogP contribution in [0.3, 0.4) is 0 Å². The van der Waals surface area contributed by atoms with Gasteiger partial charge < -0.3 is 15.1 Å². The summed E-state index contributed by atoms with van der Waals surface area (Å²) in [7, 11) is 0. The molecule has 1 aliphatic carbocycles. The van der Waals surface area contributed by atoms with Crippen molar-refractivity contribution in [2.24, 2.45) is 5.92 Å². The fraction of sp³-hybridized carbons (Fsp3) is 0.667. The number of nitrogens with one attached hydrogen (secondary N) is 1. The van der Waals surface area contributed by atoms with Crippen LogP contribution in [0, 0.1) is 5.92 Å². The molecule has 4 rings (SSSR count). The van der Waals surface area contributed by atoms with Crippen molar-refractivity contribution in [1.82, 2.24) is 15.1 Å². The summed E-state index contributed by atoms with van der Waals surface area (Å²) in [4.78, 5) is 30.0. The van der Waals surface area contributed by atoms with Gasteiger partial charge in [-0.2, -0.15) is 0 Å². The molecule has 0 radical (unpaired) electrons. The van der Waals surface area contributed by atoms with Crippen molar-refractivity contribution in [3.63, 3.8) is 0 Å². The van der Waals surface area contributed by atoms with Crippen molar-refractivity contribution in [3.8, 4) is 0 Å². The van der Waals surface area contributed by atoms with E-state index in [-0.39, 0.29) is 17.7 Å². The average Bonchev–Trinajstić information content (AvgIpc) is 2.80. The molecular weight excluding hydrogens is 442 g/mol. The summed E-state index contributed by atoms with van der Waals surface area (Å²) >= 11 is 3.50. The first kappa shape index (κ1) is 21.8. The van der Waals surface area contributed by atoms with E-state index in [0.717, 1.165) is 74.7 Å². The van der Waals surface area contributed by atoms with Gasteiger partial charge in [0.2, 0.25) is 5.91 Å². The van der Waals surface area contributed by atoms with E-state index < -0.39 is 0 Å². The Bertz CT molecular complexity index is 734. The van der Waals surface area contributed by atoms with Gasteiger partial charge in [-0.05, 0) is 79.7 Å². The molecule has 1 saturated carbocycles. The van der Waals surface area contributed by atoms with Gasteiger partial charge in [0.1, 0.15) is 0 Å². The van der Waals surface area contributed by atoms with Gasteiger partial charge in [0.15, 0.2) is 0 Å². The first-order chi connectivity index (χ1) is 14.6. The summed E-state index contributed by atoms with van der Waals surface area (Å²) in [6.45, 7) is 3.64. The van der Waals surface area contributed by atoms with Crippen molar-refractivity contribution < 1.29 is 9.59 Å². The maximum absolute atomic E-state index is 12.8. The SMILES string of the molecule is O=C(NC1CCCCC1)C1CCN(C2CCN(C(=O)c3ccccc3Br)CC2)CC1. The van der Waals surface area contributed by atoms with Crippen LogP contribution >= 0.6 is 15.9 Å². The number of nitrogens with zero attached hydrogens (tertiary/aromatic N) is 2. The number of hydrogen-bond donors (Lipinski definition) is 1. The summed E-state index contributed by atoms with van der Waals surface area (Å²) in [6, 6.07) is 8.62. The summed E-state index contributed by atoms with van der Waals surface area (Å²) in [6.07, 6.45) is 10.1. The van der Waals surface area contributed by atoms with Gasteiger partial charge in [0, 0.05) is 35.6 Å². The van der Waals surface area contributed by atoms with Crippen LogP contribution in [0.4, 0.5) is 0 Å². The largest absolute Gasteiger partial charge is 0.353 e. The van der Waals surface area contributed by atoms with E-state index in [1.54, 1.807) is 0 Å². The Morgan fingerprint density at radius 2 is 1.53 bits per heavy atom. The summed E-state index contributed by atoms with van der Waals surface area (Å²) in [5, 5.41) is 3.32. The molecule has 3 fully saturated rings. The Kier molecular flexibility index (Phi) is 7.47. The molecule has 0 atom stereocenters. The van der Waals surface area contributed by atoms with E-state index in [2.05, 4.69) is 26.1 Å². The lowest BCUT2D eigenvalue weighted by Crippen LogP contribution is -2.50. The molecule has 2 heterocycles. The highest BCUT2D eigenvalue weighted by Crippen LogP contribution is 2.26. The number of halogens is 1. The number of benzene rings is 1. The molecule has 0 spiro atoms. The van der Waals surface area contributed by atoms with Crippen LogP contribution in [-0.2, 0) is 4.79 Å². The van der Waals surface area contributed by atoms with Gasteiger partial charge >= 0.3 is 0 Å². The molecule has 2 aliphatic heterocycles. The van der Waals surface area contributed by atoms with Crippen LogP contribution in [0.25, 0.3) is 0 Å². The zero-order valence-corrected chi connectivity index (χ0v) is 19.4. The molecular formula is C24H34BrN3O2. The Morgan fingerprint density at radius 3 is 2.20 bits per heavy atom. The second kappa shape index (κ2) is 10.3. The van der Waals surface area contributed by atoms with Crippen molar-refractivity contribution in [1.29, 1.82) is 0 Å². The number of carbonyl (C=O) groups is 2. The Labute approximate surface area is 188 Å². The number of amides is 2. The monoisotopic (exact) mass is 475 g/mol. The van der Waals surface area contributed by atoms with Crippen LogP contribution in [0.5, 0.6) is 0 Å². The number of hydrogen-bond acceptors (Lipinski definition) is 3. The molecule has 164 valence electrons. The van der Waals surface area contributed by atoms with E-state index in [1.807, 2.05) is 29.2 Å². The van der Waals surface area contributed by atoms with E-state index in [9.17, 15) is 9.59 Å². The third kappa shape index (κ3) is 5.25. The quantitative estimate of drug-likeness (QED) is 0.709. The maximum Gasteiger partial charge on any atom is 0.254 e. The van der Waals surface area contributed by atoms with Gasteiger partial charge in [-0.25, -0.2) is 0 Å². The number of piperidine rings is 2. The van der Waals surface area contributed by atoms with Crippen LogP contribution < -0.4 is 5.32 Å². The summed E-state index contributed by atoms with van der Waals surface area (Å²) < 4.78 is 0.866. The Balaban J connectivity index is 1.21. The van der Waals surface area contributed by atoms with Crippen LogP contribution in [0.15, 0.2) is 28.7 Å². The molecule has 2 saturated heterocycles. The highest BCUT2D eigenvalue weighted by atomic mass is 79.9. The molecule has 1 aromatic rings. The molecule has 1 N–H and O–H groups in total. The molecule has 30 heavy (non-hydrogen) atoms. The molecule has 0 unspecified atom stereocenters. The predicted octanol–water partition coefficient (Wildman–Crippen LogP) is 4.21. The summed E-state index contributed by atoms with van der Waals surface area (Å²) in [5.74, 6) is 0.592. The van der Waals surface area contributed by atoms with Crippen molar-refractivity contribution >= 4 is 27.7 Å². The lowest BCUT2D eigenvalue weighted by Gasteiger charge is -2.41. The minimum Gasteiger partial charge on any atom is -0.353 e. The number of carbonyl (C=O) groups excluding carboxylic acids is 2. The highest BCUT2D eigenvalue weighted by molar-refractivity contribution is 9.10. The molecule has 3 aliphatic rings. The second-order valence-corrected chi connectivity index (χ2v) is 10.0. The molecule has 2 amide bonds. The van der Waals surface area contributed by atoms with E-state index in [4.69, 9.17) is 0 Å². The highest BCUT2D eigenvalue weighted by Gasteiger charge is 2.32.